The molecule has 422 valence electrons. The van der Waals surface area contributed by atoms with Crippen LogP contribution in [0, 0.1) is 0 Å². The van der Waals surface area contributed by atoms with Gasteiger partial charge in [-0.05, 0) is 107 Å². The summed E-state index contributed by atoms with van der Waals surface area (Å²) < 4.78 is 2.93. The van der Waals surface area contributed by atoms with E-state index in [0.717, 1.165) is 0 Å². The van der Waals surface area contributed by atoms with E-state index < -0.39 is 6.36 Å². The van der Waals surface area contributed by atoms with Gasteiger partial charge in [-0.25, -0.2) is 4.49 Å². The molecule has 0 spiro atoms. The maximum Gasteiger partial charge on any atom is 0.0315 e. The Hall–Kier alpha value is 23.6. The minimum Gasteiger partial charge on any atom is -0.233 e. The van der Waals surface area contributed by atoms with Gasteiger partial charge in [0, 0.05) is 547 Å². The van der Waals surface area contributed by atoms with E-state index in [1.807, 2.05) is 531 Å². The third kappa shape index (κ3) is 87.7. The topological polar surface area (TPSA) is 12.0 Å². The highest BCUT2D eigenvalue weighted by Crippen LogP contribution is 2.70. The number of hydrogen-bond acceptors (Lipinski definition) is 66. The molecule has 0 aliphatic carbocycles. The second kappa shape index (κ2) is 86.8. The van der Waals surface area contributed by atoms with E-state index in [4.69, 9.17) is 22.4 Å². The van der Waals surface area contributed by atoms with Gasteiger partial charge in [-0.15, -0.1) is 0 Å². The first-order valence-electron chi connectivity index (χ1n) is 11.9. The van der Waals surface area contributed by atoms with Crippen molar-refractivity contribution in [3.05, 3.63) is 0 Å². The fourth-order valence-electron chi connectivity index (χ4n) is 0.776. The quantitative estimate of drug-likeness (QED) is 0.0352. The standard InChI is InChI=1S/CH6NPS67/c1-6-7-8-9-10-11-12-13-14-15-16-17-18-19-20-21-22-23-24-25-26-27-28-29-30-31-32-33-34-35-36-37-38-39-40-41-42-43-44-45-46-47-48-49-50-51-52-53-54-55-56-57-58-59-60-61-62-63-64-65-66-67-68-69-70(4,5)2-3/h2H,3H2,1H3. The molecular formula is CH6NPS67. The molecule has 0 fully saturated rings. The highest BCUT2D eigenvalue weighted by molar-refractivity contribution is 9.65. The Morgan fingerprint density at radius 2 is 0.300 bits per heavy atom. The fourth-order valence-corrected chi connectivity index (χ4v) is 179. The Morgan fingerprint density at radius 3 is 0.400 bits per heavy atom. The molecule has 1 unspecified atom stereocenters. The molecule has 0 amide bonds. The predicted molar refractivity (Wildman–Crippen MR) is 527 cm³/mol. The molecule has 0 bridgehead atoms. The van der Waals surface area contributed by atoms with Crippen LogP contribution in [-0.4, -0.2) is 6.26 Å². The first-order valence-corrected chi connectivity index (χ1v) is 102. The van der Waals surface area contributed by atoms with Gasteiger partial charge >= 0.3 is 0 Å². The van der Waals surface area contributed by atoms with Crippen LogP contribution in [-0.2, 0) is 28.7 Å². The van der Waals surface area contributed by atoms with Crippen LogP contribution >= 0.6 is 639 Å². The lowest BCUT2D eigenvalue weighted by atomic mass is 12.0. The van der Waals surface area contributed by atoms with E-state index in [1.165, 1.54) is 0 Å². The molecule has 0 saturated carbocycles. The van der Waals surface area contributed by atoms with Crippen molar-refractivity contribution in [2.24, 2.45) is 0 Å². The molecule has 1 atom stereocenters. The molecule has 70 heavy (non-hydrogen) atoms. The minimum absolute atomic E-state index is 1.55. The summed E-state index contributed by atoms with van der Waals surface area (Å²) in [5, 5.41) is 0. The van der Waals surface area contributed by atoms with E-state index in [9.17, 15) is 0 Å². The van der Waals surface area contributed by atoms with Gasteiger partial charge < -0.3 is 0 Å². The van der Waals surface area contributed by atoms with Crippen LogP contribution in [0.25, 0.3) is 0 Å². The molecule has 0 aliphatic heterocycles. The number of rotatable bonds is 65. The zero-order valence-electron chi connectivity index (χ0n) is 29.4. The zero-order valence-corrected chi connectivity index (χ0v) is 85.3. The summed E-state index contributed by atoms with van der Waals surface area (Å²) in [7, 11) is 118. The first-order chi connectivity index (χ1) is 34.6. The highest BCUT2D eigenvalue weighted by atomic mass is 34.1. The molecule has 0 aromatic rings. The van der Waals surface area contributed by atoms with E-state index in [-0.39, 0.29) is 0 Å². The summed E-state index contributed by atoms with van der Waals surface area (Å²) in [6, 6.07) is 0. The summed E-state index contributed by atoms with van der Waals surface area (Å²) in [4.78, 5) is 0. The summed E-state index contributed by atoms with van der Waals surface area (Å²) in [6.45, 7) is 0. The maximum absolute atomic E-state index is 5.26. The number of hydrogen-bond donors (Lipinski definition) is 1. The van der Waals surface area contributed by atoms with Crippen LogP contribution in [0.3, 0.4) is 0 Å². The van der Waals surface area contributed by atoms with Crippen molar-refractivity contribution < 1.29 is 0 Å². The molecule has 0 aromatic heterocycles. The molecule has 0 heterocycles. The largest absolute Gasteiger partial charge is 0.233 e. The van der Waals surface area contributed by atoms with Crippen molar-refractivity contribution in [2.75, 3.05) is 6.26 Å². The SMILES string of the molecule is CSSSSSSSSSSSSSSSSSSSSSSSSSSSSSSSSSSSSSSSSSSSSSSSSSSSSSSSSSSSSSSSSS(=S)(=S)NP. The Balaban J connectivity index is 3.09. The average molecular weight is 2210 g/mol. The van der Waals surface area contributed by atoms with Gasteiger partial charge in [-0.2, -0.15) is 0 Å². The van der Waals surface area contributed by atoms with Gasteiger partial charge in [0.25, 0.3) is 0 Å². The van der Waals surface area contributed by atoms with Crippen LogP contribution in [0.1, 0.15) is 0 Å². The lowest BCUT2D eigenvalue weighted by molar-refractivity contribution is 1.79. The Kier molecular flexibility index (Phi) is 116. The summed E-state index contributed by atoms with van der Waals surface area (Å²) in [5.74, 6) is 0. The maximum atomic E-state index is 5.26. The van der Waals surface area contributed by atoms with Crippen molar-refractivity contribution in [1.82, 2.24) is 4.49 Å². The second-order valence-electron chi connectivity index (χ2n) is 5.03. The monoisotopic (exact) mass is 2210 g/mol. The lowest BCUT2D eigenvalue weighted by Crippen LogP contribution is -2.01. The lowest BCUT2D eigenvalue weighted by Gasteiger charge is -2.04. The summed E-state index contributed by atoms with van der Waals surface area (Å²) >= 11 is 10.5. The Bertz CT molecular complexity index is 1010. The van der Waals surface area contributed by atoms with Crippen LogP contribution in [0.15, 0.2) is 0 Å². The van der Waals surface area contributed by atoms with E-state index >= 15 is 0 Å². The van der Waals surface area contributed by atoms with Crippen LogP contribution in [0.5, 0.6) is 0 Å². The molecule has 69 heteroatoms. The molecule has 0 aliphatic rings. The number of nitrogens with one attached hydrogen (secondary N) is 1. The Morgan fingerprint density at radius 1 is 0.200 bits per heavy atom. The molecule has 0 rings (SSSR count). The van der Waals surface area contributed by atoms with Crippen molar-refractivity contribution in [1.29, 1.82) is 0 Å². The molecule has 0 radical (unpaired) electrons. The molecule has 1 N–H and O–H groups in total. The molecular weight excluding hydrogens is 2210 g/mol. The average Bonchev–Trinajstić information content (AvgIpc) is 3.36. The summed E-state index contributed by atoms with van der Waals surface area (Å²) in [5.41, 5.74) is 0. The third-order valence-corrected chi connectivity index (χ3v) is 151. The van der Waals surface area contributed by atoms with Crippen molar-refractivity contribution >= 4 is 668 Å². The molecule has 0 saturated heterocycles. The fraction of sp³-hybridized carbons (Fsp3) is 1.00. The van der Waals surface area contributed by atoms with Gasteiger partial charge in [0.05, 0.1) is 0 Å². The van der Waals surface area contributed by atoms with Gasteiger partial charge in [0.2, 0.25) is 0 Å². The second-order valence-corrected chi connectivity index (χ2v) is 126. The van der Waals surface area contributed by atoms with E-state index in [1.54, 1.807) is 99.2 Å². The van der Waals surface area contributed by atoms with Crippen LogP contribution < -0.4 is 4.49 Å². The molecule has 1 nitrogen and oxygen atoms in total. The van der Waals surface area contributed by atoms with Crippen LogP contribution in [0.4, 0.5) is 0 Å². The van der Waals surface area contributed by atoms with Crippen molar-refractivity contribution in [3.63, 3.8) is 0 Å². The van der Waals surface area contributed by atoms with E-state index in [0.29, 0.717) is 0 Å². The van der Waals surface area contributed by atoms with Crippen molar-refractivity contribution in [3.8, 4) is 0 Å². The Labute approximate surface area is 660 Å². The first kappa shape index (κ1) is 93.6. The zero-order chi connectivity index (χ0) is 50.5. The molecule has 0 aromatic carbocycles. The smallest absolute Gasteiger partial charge is 0.0315 e. The van der Waals surface area contributed by atoms with Crippen LogP contribution in [0.2, 0.25) is 0 Å². The van der Waals surface area contributed by atoms with E-state index in [2.05, 4.69) is 20.1 Å². The van der Waals surface area contributed by atoms with Gasteiger partial charge in [0.1, 0.15) is 0 Å². The van der Waals surface area contributed by atoms with Gasteiger partial charge in [-0.1, -0.05) is 20.2 Å². The highest BCUT2D eigenvalue weighted by Gasteiger charge is 2.07. The minimum atomic E-state index is -1.59. The predicted octanol–water partition coefficient (Wildman–Crippen LogP) is 41.5. The van der Waals surface area contributed by atoms with Crippen molar-refractivity contribution in [2.45, 2.75) is 0 Å². The summed E-state index contributed by atoms with van der Waals surface area (Å²) in [6.07, 6.45) is 0.515. The normalized spacial score (nSPS) is 12.0. The van der Waals surface area contributed by atoms with Gasteiger partial charge in [-0.3, -0.25) is 0 Å². The van der Waals surface area contributed by atoms with Gasteiger partial charge in [0.15, 0.2) is 0 Å². The third-order valence-electron chi connectivity index (χ3n) is 2.02.